The summed E-state index contributed by atoms with van der Waals surface area (Å²) >= 11 is 0. The molecule has 24 heavy (non-hydrogen) atoms. The second-order valence-electron chi connectivity index (χ2n) is 5.35. The molecule has 134 valence electrons. The fraction of sp³-hybridized carbons (Fsp3) is 0.500. The number of guanidine groups is 2. The number of fused-ring (bicyclic) bond motifs is 1. The van der Waals surface area contributed by atoms with Gasteiger partial charge in [-0.3, -0.25) is 0 Å². The van der Waals surface area contributed by atoms with Crippen LogP contribution in [0.4, 0.5) is 0 Å². The Balaban J connectivity index is 0.00000288. The lowest BCUT2D eigenvalue weighted by Gasteiger charge is -2.07. The van der Waals surface area contributed by atoms with Gasteiger partial charge in [-0.15, -0.1) is 12.4 Å². The number of benzene rings is 1. The van der Waals surface area contributed by atoms with Gasteiger partial charge in [-0.05, 0) is 24.1 Å². The lowest BCUT2D eigenvalue weighted by atomic mass is 10.2. The zero-order chi connectivity index (χ0) is 16.5. The number of unbranched alkanes of at least 4 members (excludes halogenated alkanes) is 3. The van der Waals surface area contributed by atoms with Crippen LogP contribution in [-0.4, -0.2) is 25.3 Å². The predicted octanol–water partition coefficient (Wildman–Crippen LogP) is 2.14. The molecule has 1 aromatic rings. The monoisotopic (exact) mass is 355 g/mol. The molecule has 0 aromatic heterocycles. The fourth-order valence-electron chi connectivity index (χ4n) is 2.21. The number of hydrogen-bond acceptors (Lipinski definition) is 3. The van der Waals surface area contributed by atoms with E-state index in [-0.39, 0.29) is 25.2 Å². The summed E-state index contributed by atoms with van der Waals surface area (Å²) < 4.78 is 10.7. The Morgan fingerprint density at radius 2 is 1.96 bits per heavy atom. The third-order valence-corrected chi connectivity index (χ3v) is 3.40. The van der Waals surface area contributed by atoms with Crippen LogP contribution >= 0.6 is 12.4 Å². The first kappa shape index (κ1) is 19.9. The molecule has 0 saturated heterocycles. The van der Waals surface area contributed by atoms with Crippen molar-refractivity contribution in [2.45, 2.75) is 39.2 Å². The molecule has 0 saturated carbocycles. The maximum Gasteiger partial charge on any atom is 0.231 e. The van der Waals surface area contributed by atoms with E-state index < -0.39 is 0 Å². The second kappa shape index (κ2) is 10.6. The van der Waals surface area contributed by atoms with Gasteiger partial charge in [0, 0.05) is 6.54 Å². The topological polar surface area (TPSA) is 107 Å². The van der Waals surface area contributed by atoms with E-state index in [1.54, 1.807) is 0 Å². The van der Waals surface area contributed by atoms with E-state index in [9.17, 15) is 0 Å². The Labute approximate surface area is 148 Å². The smallest absolute Gasteiger partial charge is 0.231 e. The minimum atomic E-state index is -0.00417. The standard InChI is InChI=1S/C16H25N5O2.ClH/c1-2-3-4-5-8-19-16(21-15(17)18)20-10-12-6-7-13-14(9-12)23-11-22-13;/h6-7,9H,2-5,8,10-11H2,1H3,(H5,17,18,19,20,21);1H. The molecular weight excluding hydrogens is 330 g/mol. The molecule has 0 fully saturated rings. The molecule has 8 heteroatoms. The summed E-state index contributed by atoms with van der Waals surface area (Å²) in [7, 11) is 0. The van der Waals surface area contributed by atoms with Crippen LogP contribution in [0.3, 0.4) is 0 Å². The van der Waals surface area contributed by atoms with Crippen LogP contribution in [0.2, 0.25) is 0 Å². The Hall–Kier alpha value is -2.15. The Morgan fingerprint density at radius 1 is 1.17 bits per heavy atom. The van der Waals surface area contributed by atoms with Crippen molar-refractivity contribution in [3.05, 3.63) is 23.8 Å². The number of rotatable bonds is 7. The van der Waals surface area contributed by atoms with Gasteiger partial charge in [-0.1, -0.05) is 32.3 Å². The predicted molar refractivity (Wildman–Crippen MR) is 98.9 cm³/mol. The summed E-state index contributed by atoms with van der Waals surface area (Å²) in [6.45, 7) is 3.72. The molecule has 0 amide bonds. The minimum Gasteiger partial charge on any atom is -0.454 e. The average molecular weight is 356 g/mol. The number of hydrogen-bond donors (Lipinski definition) is 3. The molecule has 0 unspecified atom stereocenters. The van der Waals surface area contributed by atoms with Crippen molar-refractivity contribution in [3.8, 4) is 11.5 Å². The minimum absolute atomic E-state index is 0. The summed E-state index contributed by atoms with van der Waals surface area (Å²) in [5.74, 6) is 1.96. The van der Waals surface area contributed by atoms with E-state index >= 15 is 0 Å². The molecule has 1 aliphatic heterocycles. The fourth-order valence-corrected chi connectivity index (χ4v) is 2.21. The van der Waals surface area contributed by atoms with Gasteiger partial charge >= 0.3 is 0 Å². The highest BCUT2D eigenvalue weighted by atomic mass is 35.5. The number of ether oxygens (including phenoxy) is 2. The highest BCUT2D eigenvalue weighted by Crippen LogP contribution is 2.32. The van der Waals surface area contributed by atoms with Gasteiger partial charge in [0.05, 0.1) is 6.54 Å². The van der Waals surface area contributed by atoms with Crippen LogP contribution in [0.25, 0.3) is 0 Å². The first-order valence-corrected chi connectivity index (χ1v) is 7.95. The van der Waals surface area contributed by atoms with Crippen LogP contribution < -0.4 is 26.3 Å². The molecule has 7 nitrogen and oxygen atoms in total. The molecule has 0 bridgehead atoms. The van der Waals surface area contributed by atoms with E-state index in [1.807, 2.05) is 18.2 Å². The normalized spacial score (nSPS) is 12.5. The van der Waals surface area contributed by atoms with Crippen molar-refractivity contribution in [2.75, 3.05) is 13.3 Å². The van der Waals surface area contributed by atoms with Crippen LogP contribution in [-0.2, 0) is 6.54 Å². The lowest BCUT2D eigenvalue weighted by Crippen LogP contribution is -2.30. The Kier molecular flexibility index (Phi) is 8.78. The molecular formula is C16H26ClN5O2. The van der Waals surface area contributed by atoms with Crippen LogP contribution in [0.15, 0.2) is 28.2 Å². The molecule has 1 aromatic carbocycles. The third kappa shape index (κ3) is 6.54. The second-order valence-corrected chi connectivity index (χ2v) is 5.35. The van der Waals surface area contributed by atoms with Crippen LogP contribution in [0.1, 0.15) is 38.2 Å². The van der Waals surface area contributed by atoms with Crippen LogP contribution in [0.5, 0.6) is 11.5 Å². The summed E-state index contributed by atoms with van der Waals surface area (Å²) in [6.07, 6.45) is 4.68. The van der Waals surface area contributed by atoms with Crippen LogP contribution in [0, 0.1) is 0 Å². The average Bonchev–Trinajstić information content (AvgIpc) is 2.99. The highest BCUT2D eigenvalue weighted by Gasteiger charge is 2.12. The van der Waals surface area contributed by atoms with Gasteiger partial charge in [-0.25, -0.2) is 4.99 Å². The molecule has 1 aliphatic rings. The van der Waals surface area contributed by atoms with Gasteiger partial charge in [0.15, 0.2) is 17.5 Å². The van der Waals surface area contributed by atoms with Crippen molar-refractivity contribution in [3.63, 3.8) is 0 Å². The van der Waals surface area contributed by atoms with Gasteiger partial charge < -0.3 is 26.3 Å². The summed E-state index contributed by atoms with van der Waals surface area (Å²) in [5.41, 5.74) is 11.9. The largest absolute Gasteiger partial charge is 0.454 e. The molecule has 0 aliphatic carbocycles. The Bertz CT molecular complexity index is 574. The molecule has 5 N–H and O–H groups in total. The number of aliphatic imine (C=N–C) groups is 2. The van der Waals surface area contributed by atoms with Crippen molar-refractivity contribution in [1.29, 1.82) is 0 Å². The number of nitrogens with two attached hydrogens (primary N) is 2. The first-order valence-electron chi connectivity index (χ1n) is 7.95. The maximum atomic E-state index is 5.46. The highest BCUT2D eigenvalue weighted by molar-refractivity contribution is 5.93. The van der Waals surface area contributed by atoms with E-state index in [1.165, 1.54) is 19.3 Å². The van der Waals surface area contributed by atoms with Gasteiger partial charge in [0.1, 0.15) is 0 Å². The van der Waals surface area contributed by atoms with Gasteiger partial charge in [0.2, 0.25) is 12.8 Å². The lowest BCUT2D eigenvalue weighted by molar-refractivity contribution is 0.174. The molecule has 0 spiro atoms. The van der Waals surface area contributed by atoms with E-state index in [2.05, 4.69) is 22.2 Å². The van der Waals surface area contributed by atoms with E-state index in [4.69, 9.17) is 20.9 Å². The summed E-state index contributed by atoms with van der Waals surface area (Å²) in [6, 6.07) is 5.75. The Morgan fingerprint density at radius 3 is 2.71 bits per heavy atom. The SMILES string of the molecule is CCCCCCNC(N=C(N)N)=NCc1ccc2c(c1)OCO2.Cl. The van der Waals surface area contributed by atoms with Gasteiger partial charge in [0.25, 0.3) is 0 Å². The van der Waals surface area contributed by atoms with Crippen molar-refractivity contribution in [1.82, 2.24) is 5.32 Å². The molecule has 2 rings (SSSR count). The number of nitrogens with one attached hydrogen (secondary N) is 1. The zero-order valence-electron chi connectivity index (χ0n) is 14.0. The number of nitrogens with zero attached hydrogens (tertiary/aromatic N) is 2. The van der Waals surface area contributed by atoms with Crippen molar-refractivity contribution in [2.24, 2.45) is 21.5 Å². The molecule has 0 atom stereocenters. The molecule has 1 heterocycles. The zero-order valence-corrected chi connectivity index (χ0v) is 14.8. The van der Waals surface area contributed by atoms with Crippen molar-refractivity contribution < 1.29 is 9.47 Å². The maximum absolute atomic E-state index is 5.46. The molecule has 0 radical (unpaired) electrons. The van der Waals surface area contributed by atoms with E-state index in [0.717, 1.165) is 30.0 Å². The van der Waals surface area contributed by atoms with Gasteiger partial charge in [-0.2, -0.15) is 4.99 Å². The third-order valence-electron chi connectivity index (χ3n) is 3.40. The first-order chi connectivity index (χ1) is 11.2. The quantitative estimate of drug-likeness (QED) is 0.394. The van der Waals surface area contributed by atoms with E-state index in [0.29, 0.717) is 12.5 Å². The van der Waals surface area contributed by atoms with Crippen molar-refractivity contribution >= 4 is 24.3 Å². The summed E-state index contributed by atoms with van der Waals surface area (Å²) in [4.78, 5) is 8.48. The summed E-state index contributed by atoms with van der Waals surface area (Å²) in [5, 5.41) is 3.18. The number of halogens is 1.